The maximum atomic E-state index is 13.0. The molecule has 0 saturated heterocycles. The Morgan fingerprint density at radius 3 is 2.76 bits per heavy atom. The first-order valence-corrected chi connectivity index (χ1v) is 6.45. The molecule has 2 atom stereocenters. The van der Waals surface area contributed by atoms with E-state index in [4.69, 9.17) is 5.26 Å². The Hall–Kier alpha value is -0.920. The van der Waals surface area contributed by atoms with E-state index in [9.17, 15) is 4.39 Å². The molecule has 4 heteroatoms. The lowest BCUT2D eigenvalue weighted by Crippen LogP contribution is -2.30. The molecule has 2 nitrogen and oxygen atoms in total. The summed E-state index contributed by atoms with van der Waals surface area (Å²) >= 11 is 3.35. The molecule has 0 fully saturated rings. The van der Waals surface area contributed by atoms with Gasteiger partial charge in [-0.15, -0.1) is 0 Å². The van der Waals surface area contributed by atoms with Crippen molar-refractivity contribution in [2.45, 2.75) is 38.8 Å². The van der Waals surface area contributed by atoms with Gasteiger partial charge in [-0.05, 0) is 31.0 Å². The van der Waals surface area contributed by atoms with Crippen molar-refractivity contribution in [2.75, 3.05) is 0 Å². The highest BCUT2D eigenvalue weighted by Gasteiger charge is 2.14. The number of nitriles is 1. The molecule has 0 bridgehead atoms. The number of hydrogen-bond donors (Lipinski definition) is 1. The molecule has 0 aliphatic heterocycles. The standard InChI is InChI=1S/C13H16BrFN2/c1-3-11(6-7-16)17-9(2)12-5-4-10(15)8-13(12)14/h4-5,8-9,11,17H,3,6H2,1-2H3. The van der Waals surface area contributed by atoms with E-state index in [0.29, 0.717) is 6.42 Å². The Bertz CT molecular complexity index is 414. The SMILES string of the molecule is CCC(CC#N)NC(C)c1ccc(F)cc1Br. The van der Waals surface area contributed by atoms with Crippen LogP contribution in [0.4, 0.5) is 4.39 Å². The molecule has 2 unspecified atom stereocenters. The monoisotopic (exact) mass is 298 g/mol. The number of nitrogens with zero attached hydrogens (tertiary/aromatic N) is 1. The number of nitrogens with one attached hydrogen (secondary N) is 1. The number of hydrogen-bond acceptors (Lipinski definition) is 2. The zero-order valence-electron chi connectivity index (χ0n) is 10.0. The lowest BCUT2D eigenvalue weighted by atomic mass is 10.1. The number of benzene rings is 1. The van der Waals surface area contributed by atoms with E-state index in [1.165, 1.54) is 12.1 Å². The topological polar surface area (TPSA) is 35.8 Å². The van der Waals surface area contributed by atoms with E-state index in [2.05, 4.69) is 27.3 Å². The third-order valence-electron chi connectivity index (χ3n) is 2.75. The molecule has 1 aromatic rings. The molecular weight excluding hydrogens is 283 g/mol. The summed E-state index contributed by atoms with van der Waals surface area (Å²) in [5.41, 5.74) is 1.00. The molecule has 1 rings (SSSR count). The zero-order chi connectivity index (χ0) is 12.8. The summed E-state index contributed by atoms with van der Waals surface area (Å²) in [5, 5.41) is 12.1. The molecule has 92 valence electrons. The molecule has 0 aliphatic carbocycles. The van der Waals surface area contributed by atoms with Gasteiger partial charge >= 0.3 is 0 Å². The molecule has 0 radical (unpaired) electrons. The molecule has 0 spiro atoms. The second kappa shape index (κ2) is 6.73. The van der Waals surface area contributed by atoms with Crippen molar-refractivity contribution in [1.29, 1.82) is 5.26 Å². The van der Waals surface area contributed by atoms with Gasteiger partial charge in [0.25, 0.3) is 0 Å². The van der Waals surface area contributed by atoms with E-state index < -0.39 is 0 Å². The molecule has 0 amide bonds. The quantitative estimate of drug-likeness (QED) is 0.894. The Kier molecular flexibility index (Phi) is 5.60. The van der Waals surface area contributed by atoms with Crippen LogP contribution in [0.2, 0.25) is 0 Å². The van der Waals surface area contributed by atoms with Gasteiger partial charge in [-0.3, -0.25) is 0 Å². The highest BCUT2D eigenvalue weighted by atomic mass is 79.9. The summed E-state index contributed by atoms with van der Waals surface area (Å²) in [5.74, 6) is -0.253. The van der Waals surface area contributed by atoms with Crippen molar-refractivity contribution in [3.63, 3.8) is 0 Å². The van der Waals surface area contributed by atoms with E-state index in [-0.39, 0.29) is 17.9 Å². The molecule has 0 saturated carbocycles. The summed E-state index contributed by atoms with van der Waals surface area (Å²) < 4.78 is 13.7. The zero-order valence-corrected chi connectivity index (χ0v) is 11.6. The fourth-order valence-electron chi connectivity index (χ4n) is 1.73. The van der Waals surface area contributed by atoms with Crippen LogP contribution in [0.1, 0.15) is 38.3 Å². The summed E-state index contributed by atoms with van der Waals surface area (Å²) in [7, 11) is 0. The number of halogens is 2. The van der Waals surface area contributed by atoms with Crippen LogP contribution >= 0.6 is 15.9 Å². The lowest BCUT2D eigenvalue weighted by molar-refractivity contribution is 0.446. The second-order valence-electron chi connectivity index (χ2n) is 4.02. The molecule has 0 aliphatic rings. The van der Waals surface area contributed by atoms with Gasteiger partial charge < -0.3 is 5.32 Å². The van der Waals surface area contributed by atoms with Crippen molar-refractivity contribution >= 4 is 15.9 Å². The van der Waals surface area contributed by atoms with Crippen molar-refractivity contribution in [2.24, 2.45) is 0 Å². The van der Waals surface area contributed by atoms with Crippen LogP contribution < -0.4 is 5.32 Å². The van der Waals surface area contributed by atoms with Crippen molar-refractivity contribution in [3.05, 3.63) is 34.1 Å². The predicted octanol–water partition coefficient (Wildman–Crippen LogP) is 3.93. The van der Waals surface area contributed by atoms with Crippen LogP contribution in [-0.2, 0) is 0 Å². The van der Waals surface area contributed by atoms with Crippen LogP contribution in [0.5, 0.6) is 0 Å². The Morgan fingerprint density at radius 2 is 2.24 bits per heavy atom. The van der Waals surface area contributed by atoms with Gasteiger partial charge in [-0.2, -0.15) is 5.26 Å². The highest BCUT2D eigenvalue weighted by Crippen LogP contribution is 2.24. The largest absolute Gasteiger partial charge is 0.306 e. The fraction of sp³-hybridized carbons (Fsp3) is 0.462. The Labute approximate surface area is 110 Å². The average molecular weight is 299 g/mol. The van der Waals surface area contributed by atoms with Crippen LogP contribution in [0.15, 0.2) is 22.7 Å². The van der Waals surface area contributed by atoms with E-state index >= 15 is 0 Å². The third kappa shape index (κ3) is 4.10. The Morgan fingerprint density at radius 1 is 1.53 bits per heavy atom. The molecule has 0 heterocycles. The molecular formula is C13H16BrFN2. The van der Waals surface area contributed by atoms with Crippen LogP contribution in [-0.4, -0.2) is 6.04 Å². The first-order valence-electron chi connectivity index (χ1n) is 5.66. The van der Waals surface area contributed by atoms with Crippen LogP contribution in [0.25, 0.3) is 0 Å². The van der Waals surface area contributed by atoms with E-state index in [1.54, 1.807) is 6.07 Å². The van der Waals surface area contributed by atoms with Crippen molar-refractivity contribution in [3.8, 4) is 6.07 Å². The normalized spacial score (nSPS) is 14.1. The van der Waals surface area contributed by atoms with Gasteiger partial charge in [-0.25, -0.2) is 4.39 Å². The second-order valence-corrected chi connectivity index (χ2v) is 4.88. The minimum atomic E-state index is -0.253. The highest BCUT2D eigenvalue weighted by molar-refractivity contribution is 9.10. The molecule has 1 N–H and O–H groups in total. The van der Waals surface area contributed by atoms with Crippen LogP contribution in [0.3, 0.4) is 0 Å². The first kappa shape index (κ1) is 14.1. The van der Waals surface area contributed by atoms with Crippen molar-refractivity contribution in [1.82, 2.24) is 5.32 Å². The van der Waals surface area contributed by atoms with E-state index in [1.807, 2.05) is 13.8 Å². The van der Waals surface area contributed by atoms with Gasteiger partial charge in [0.15, 0.2) is 0 Å². The summed E-state index contributed by atoms with van der Waals surface area (Å²) in [6.07, 6.45) is 1.39. The van der Waals surface area contributed by atoms with Gasteiger partial charge in [0.05, 0.1) is 12.5 Å². The van der Waals surface area contributed by atoms with Gasteiger partial charge in [0, 0.05) is 16.6 Å². The average Bonchev–Trinajstić information content (AvgIpc) is 2.28. The first-order chi connectivity index (χ1) is 8.08. The minimum absolute atomic E-state index is 0.0864. The maximum Gasteiger partial charge on any atom is 0.124 e. The predicted molar refractivity (Wildman–Crippen MR) is 70.0 cm³/mol. The van der Waals surface area contributed by atoms with Crippen molar-refractivity contribution < 1.29 is 4.39 Å². The molecule has 1 aromatic carbocycles. The van der Waals surface area contributed by atoms with Gasteiger partial charge in [-0.1, -0.05) is 28.9 Å². The minimum Gasteiger partial charge on any atom is -0.306 e. The van der Waals surface area contributed by atoms with Gasteiger partial charge in [0.1, 0.15) is 5.82 Å². The fourth-order valence-corrected chi connectivity index (χ4v) is 2.42. The van der Waals surface area contributed by atoms with Crippen LogP contribution in [0, 0.1) is 17.1 Å². The lowest BCUT2D eigenvalue weighted by Gasteiger charge is -2.21. The smallest absolute Gasteiger partial charge is 0.124 e. The van der Waals surface area contributed by atoms with E-state index in [0.717, 1.165) is 16.5 Å². The third-order valence-corrected chi connectivity index (χ3v) is 3.43. The Balaban J connectivity index is 2.75. The summed E-state index contributed by atoms with van der Waals surface area (Å²) in [6, 6.07) is 7.09. The number of rotatable bonds is 5. The molecule has 0 aromatic heterocycles. The van der Waals surface area contributed by atoms with Gasteiger partial charge in [0.2, 0.25) is 0 Å². The maximum absolute atomic E-state index is 13.0. The summed E-state index contributed by atoms with van der Waals surface area (Å²) in [6.45, 7) is 4.06. The summed E-state index contributed by atoms with van der Waals surface area (Å²) in [4.78, 5) is 0. The molecule has 17 heavy (non-hydrogen) atoms.